The fourth-order valence-electron chi connectivity index (χ4n) is 3.35. The fourth-order valence-corrected chi connectivity index (χ4v) is 3.35. The van der Waals surface area contributed by atoms with Crippen molar-refractivity contribution in [2.45, 2.75) is 31.8 Å². The minimum absolute atomic E-state index is 0.110. The Labute approximate surface area is 147 Å². The van der Waals surface area contributed by atoms with Gasteiger partial charge in [-0.05, 0) is 42.2 Å². The Bertz CT molecular complexity index is 756. The van der Waals surface area contributed by atoms with Gasteiger partial charge in [-0.1, -0.05) is 19.1 Å². The van der Waals surface area contributed by atoms with Gasteiger partial charge in [0.2, 0.25) is 0 Å². The summed E-state index contributed by atoms with van der Waals surface area (Å²) in [6, 6.07) is 9.39. The van der Waals surface area contributed by atoms with E-state index in [2.05, 4.69) is 13.0 Å². The highest BCUT2D eigenvalue weighted by molar-refractivity contribution is 5.55. The molecule has 1 aliphatic heterocycles. The fraction of sp³-hybridized carbons (Fsp3) is 0.400. The van der Waals surface area contributed by atoms with E-state index in [1.807, 2.05) is 18.2 Å². The van der Waals surface area contributed by atoms with Gasteiger partial charge in [-0.3, -0.25) is 0 Å². The Morgan fingerprint density at radius 3 is 2.52 bits per heavy atom. The number of phenols is 1. The number of aryl methyl sites for hydroxylation is 1. The smallest absolute Gasteiger partial charge is 0.165 e. The lowest BCUT2D eigenvalue weighted by Crippen LogP contribution is -2.07. The number of ether oxygens (including phenoxy) is 3. The first-order valence-corrected chi connectivity index (χ1v) is 8.44. The summed E-state index contributed by atoms with van der Waals surface area (Å²) < 4.78 is 16.9. The molecule has 0 fully saturated rings. The number of hydrogen-bond donors (Lipinski definition) is 2. The van der Waals surface area contributed by atoms with Crippen molar-refractivity contribution < 1.29 is 24.4 Å². The van der Waals surface area contributed by atoms with Crippen molar-refractivity contribution in [3.05, 3.63) is 47.0 Å². The SMILES string of the molecule is COc1cc([C@@H]2Oc3c(OC)cc(CCCO)cc3[C@@H]2C)ccc1O. The third-order valence-corrected chi connectivity index (χ3v) is 4.71. The second kappa shape index (κ2) is 7.23. The molecule has 0 unspecified atom stereocenters. The summed E-state index contributed by atoms with van der Waals surface area (Å²) >= 11 is 0. The number of hydrogen-bond acceptors (Lipinski definition) is 5. The maximum atomic E-state index is 9.81. The van der Waals surface area contributed by atoms with Crippen molar-refractivity contribution in [2.24, 2.45) is 0 Å². The highest BCUT2D eigenvalue weighted by atomic mass is 16.5. The standard InChI is InChI=1S/C20H24O5/c1-12-15-9-13(5-4-8-21)10-18(24-3)20(15)25-19(12)14-6-7-16(22)17(11-14)23-2/h6-7,9-12,19,21-22H,4-5,8H2,1-3H3/t12-,19+/m0/s1. The molecule has 0 saturated heterocycles. The van der Waals surface area contributed by atoms with Crippen LogP contribution in [0, 0.1) is 0 Å². The molecular weight excluding hydrogens is 320 g/mol. The van der Waals surface area contributed by atoms with Crippen LogP contribution in [0.25, 0.3) is 0 Å². The zero-order valence-corrected chi connectivity index (χ0v) is 14.8. The first-order chi connectivity index (χ1) is 12.1. The topological polar surface area (TPSA) is 68.2 Å². The molecule has 3 rings (SSSR count). The van der Waals surface area contributed by atoms with E-state index in [0.717, 1.165) is 35.3 Å². The molecule has 1 heterocycles. The van der Waals surface area contributed by atoms with E-state index >= 15 is 0 Å². The van der Waals surface area contributed by atoms with E-state index in [1.165, 1.54) is 7.11 Å². The molecule has 2 atom stereocenters. The van der Waals surface area contributed by atoms with Crippen LogP contribution in [0.15, 0.2) is 30.3 Å². The van der Waals surface area contributed by atoms with E-state index < -0.39 is 0 Å². The number of phenolic OH excluding ortho intramolecular Hbond substituents is 1. The second-order valence-corrected chi connectivity index (χ2v) is 6.30. The molecule has 2 aromatic rings. The molecule has 5 nitrogen and oxygen atoms in total. The molecule has 0 saturated carbocycles. The Morgan fingerprint density at radius 2 is 1.84 bits per heavy atom. The van der Waals surface area contributed by atoms with Gasteiger partial charge in [-0.2, -0.15) is 0 Å². The quantitative estimate of drug-likeness (QED) is 0.838. The van der Waals surface area contributed by atoms with Crippen LogP contribution < -0.4 is 14.2 Å². The number of rotatable bonds is 6. The van der Waals surface area contributed by atoms with Crippen LogP contribution in [-0.2, 0) is 6.42 Å². The number of aliphatic hydroxyl groups excluding tert-OH is 1. The van der Waals surface area contributed by atoms with Crippen molar-refractivity contribution in [3.63, 3.8) is 0 Å². The van der Waals surface area contributed by atoms with Crippen LogP contribution in [0.2, 0.25) is 0 Å². The van der Waals surface area contributed by atoms with Gasteiger partial charge in [-0.25, -0.2) is 0 Å². The van der Waals surface area contributed by atoms with Crippen LogP contribution in [0.5, 0.6) is 23.0 Å². The lowest BCUT2D eigenvalue weighted by molar-refractivity contribution is 0.207. The molecule has 0 aromatic heterocycles. The summed E-state index contributed by atoms with van der Waals surface area (Å²) in [6.45, 7) is 2.28. The molecule has 2 N–H and O–H groups in total. The average Bonchev–Trinajstić information content (AvgIpc) is 2.96. The normalized spacial score (nSPS) is 18.6. The summed E-state index contributed by atoms with van der Waals surface area (Å²) in [7, 11) is 3.17. The maximum Gasteiger partial charge on any atom is 0.165 e. The van der Waals surface area contributed by atoms with Gasteiger partial charge in [0, 0.05) is 18.1 Å². The van der Waals surface area contributed by atoms with Gasteiger partial charge in [0.15, 0.2) is 23.0 Å². The number of benzene rings is 2. The summed E-state index contributed by atoms with van der Waals surface area (Å²) in [5.74, 6) is 2.15. The minimum Gasteiger partial charge on any atom is -0.504 e. The third kappa shape index (κ3) is 3.24. The van der Waals surface area contributed by atoms with Crippen LogP contribution in [-0.4, -0.2) is 31.0 Å². The Kier molecular flexibility index (Phi) is 5.04. The number of fused-ring (bicyclic) bond motifs is 1. The molecule has 2 aromatic carbocycles. The molecule has 0 spiro atoms. The summed E-state index contributed by atoms with van der Waals surface area (Å²) in [6.07, 6.45) is 1.34. The molecule has 0 amide bonds. The van der Waals surface area contributed by atoms with Crippen molar-refractivity contribution >= 4 is 0 Å². The molecule has 1 aliphatic rings. The van der Waals surface area contributed by atoms with Crippen LogP contribution in [0.4, 0.5) is 0 Å². The Morgan fingerprint density at radius 1 is 1.08 bits per heavy atom. The van der Waals surface area contributed by atoms with Crippen LogP contribution in [0.1, 0.15) is 42.1 Å². The summed E-state index contributed by atoms with van der Waals surface area (Å²) in [4.78, 5) is 0. The van der Waals surface area contributed by atoms with Gasteiger partial charge in [0.1, 0.15) is 6.10 Å². The van der Waals surface area contributed by atoms with E-state index in [-0.39, 0.29) is 24.4 Å². The van der Waals surface area contributed by atoms with Crippen molar-refractivity contribution in [3.8, 4) is 23.0 Å². The summed E-state index contributed by atoms with van der Waals surface area (Å²) in [5, 5.41) is 18.9. The molecule has 0 aliphatic carbocycles. The molecule has 134 valence electrons. The zero-order valence-electron chi connectivity index (χ0n) is 14.8. The van der Waals surface area contributed by atoms with Gasteiger partial charge in [-0.15, -0.1) is 0 Å². The Balaban J connectivity index is 1.96. The first kappa shape index (κ1) is 17.4. The predicted molar refractivity (Wildman–Crippen MR) is 94.8 cm³/mol. The van der Waals surface area contributed by atoms with E-state index in [4.69, 9.17) is 19.3 Å². The molecule has 25 heavy (non-hydrogen) atoms. The third-order valence-electron chi connectivity index (χ3n) is 4.71. The summed E-state index contributed by atoms with van der Waals surface area (Å²) in [5.41, 5.74) is 3.17. The average molecular weight is 344 g/mol. The lowest BCUT2D eigenvalue weighted by Gasteiger charge is -2.17. The van der Waals surface area contributed by atoms with Gasteiger partial charge >= 0.3 is 0 Å². The van der Waals surface area contributed by atoms with Crippen LogP contribution in [0.3, 0.4) is 0 Å². The van der Waals surface area contributed by atoms with Crippen LogP contribution >= 0.6 is 0 Å². The Hall–Kier alpha value is -2.40. The maximum absolute atomic E-state index is 9.81. The monoisotopic (exact) mass is 344 g/mol. The molecular formula is C20H24O5. The first-order valence-electron chi connectivity index (χ1n) is 8.44. The molecule has 0 radical (unpaired) electrons. The van der Waals surface area contributed by atoms with E-state index in [9.17, 15) is 5.11 Å². The number of methoxy groups -OCH3 is 2. The predicted octanol–water partition coefficient (Wildman–Crippen LogP) is 3.57. The minimum atomic E-state index is -0.175. The van der Waals surface area contributed by atoms with Crippen molar-refractivity contribution in [1.82, 2.24) is 0 Å². The van der Waals surface area contributed by atoms with Gasteiger partial charge in [0.05, 0.1) is 14.2 Å². The largest absolute Gasteiger partial charge is 0.504 e. The molecule has 0 bridgehead atoms. The highest BCUT2D eigenvalue weighted by Gasteiger charge is 2.35. The van der Waals surface area contributed by atoms with Crippen molar-refractivity contribution in [2.75, 3.05) is 20.8 Å². The second-order valence-electron chi connectivity index (χ2n) is 6.30. The van der Waals surface area contributed by atoms with Crippen molar-refractivity contribution in [1.29, 1.82) is 0 Å². The number of aliphatic hydroxyl groups is 1. The highest BCUT2D eigenvalue weighted by Crippen LogP contribution is 2.51. The van der Waals surface area contributed by atoms with E-state index in [0.29, 0.717) is 11.5 Å². The van der Waals surface area contributed by atoms with Gasteiger partial charge in [0.25, 0.3) is 0 Å². The molecule has 5 heteroatoms. The van der Waals surface area contributed by atoms with E-state index in [1.54, 1.807) is 13.2 Å². The van der Waals surface area contributed by atoms with Gasteiger partial charge < -0.3 is 24.4 Å². The number of aromatic hydroxyl groups is 1. The lowest BCUT2D eigenvalue weighted by atomic mass is 9.91. The zero-order chi connectivity index (χ0) is 18.0.